The average molecular weight is 771 g/mol. The highest BCUT2D eigenvalue weighted by Crippen LogP contribution is 2.60. The number of allylic oxidation sites excluding steroid dienone is 1. The third-order valence-electron chi connectivity index (χ3n) is 9.88. The van der Waals surface area contributed by atoms with Gasteiger partial charge in [0.1, 0.15) is 17.7 Å². The van der Waals surface area contributed by atoms with E-state index in [9.17, 15) is 24.3 Å². The molecule has 1 spiro atoms. The molecule has 3 heterocycles. The van der Waals surface area contributed by atoms with E-state index in [-0.39, 0.29) is 55.2 Å². The van der Waals surface area contributed by atoms with Crippen molar-refractivity contribution in [2.24, 2.45) is 11.8 Å². The van der Waals surface area contributed by atoms with Crippen LogP contribution in [0.1, 0.15) is 55.8 Å². The molecule has 1 unspecified atom stereocenters. The SMILES string of the molecule is C=CCCC(=O)NC[C@H](OC(=O)[C@@H]1[C@H]2O[C@@]3(CC2Br)[C@H](C(=O)N(CC=C)c2c(C)cccc2Cl)N(CCCCCO)C(=O)[C@@H]13)c1ccccc1. The number of esters is 1. The maximum atomic E-state index is 14.9. The number of benzene rings is 2. The Morgan fingerprint density at radius 1 is 1.16 bits per heavy atom. The third-order valence-corrected chi connectivity index (χ3v) is 11.0. The van der Waals surface area contributed by atoms with Gasteiger partial charge in [0.2, 0.25) is 11.8 Å². The molecular weight excluding hydrogens is 726 g/mol. The summed E-state index contributed by atoms with van der Waals surface area (Å²) in [7, 11) is 0. The summed E-state index contributed by atoms with van der Waals surface area (Å²) in [6, 6.07) is 13.4. The van der Waals surface area contributed by atoms with Crippen LogP contribution < -0.4 is 10.2 Å². The van der Waals surface area contributed by atoms with E-state index in [1.54, 1.807) is 28.0 Å². The Hall–Kier alpha value is -3.51. The molecule has 3 aliphatic rings. The Morgan fingerprint density at radius 3 is 2.60 bits per heavy atom. The second-order valence-corrected chi connectivity index (χ2v) is 14.7. The van der Waals surface area contributed by atoms with Crippen LogP contribution in [0.25, 0.3) is 0 Å². The second kappa shape index (κ2) is 16.7. The Morgan fingerprint density at radius 2 is 1.92 bits per heavy atom. The van der Waals surface area contributed by atoms with Crippen LogP contribution in [0.15, 0.2) is 73.8 Å². The number of carbonyl (C=O) groups excluding carboxylic acids is 4. The van der Waals surface area contributed by atoms with Gasteiger partial charge in [-0.1, -0.05) is 82.1 Å². The first-order valence-corrected chi connectivity index (χ1v) is 18.4. The van der Waals surface area contributed by atoms with Crippen LogP contribution in [0.3, 0.4) is 0 Å². The number of para-hydroxylation sites is 1. The lowest BCUT2D eigenvalue weighted by Crippen LogP contribution is -2.57. The number of anilines is 1. The number of nitrogens with one attached hydrogen (secondary N) is 1. The molecule has 0 aliphatic carbocycles. The molecule has 0 radical (unpaired) electrons. The van der Waals surface area contributed by atoms with E-state index in [4.69, 9.17) is 21.1 Å². The van der Waals surface area contributed by atoms with Gasteiger partial charge in [-0.15, -0.1) is 13.2 Å². The zero-order valence-corrected chi connectivity index (χ0v) is 30.6. The zero-order chi connectivity index (χ0) is 36.0. The first-order chi connectivity index (χ1) is 24.1. The molecule has 2 aromatic rings. The number of fused-ring (bicyclic) bond motifs is 1. The summed E-state index contributed by atoms with van der Waals surface area (Å²) in [6.45, 7) is 9.84. The van der Waals surface area contributed by atoms with Gasteiger partial charge in [0.25, 0.3) is 5.91 Å². The van der Waals surface area contributed by atoms with Crippen molar-refractivity contribution >= 4 is 56.9 Å². The fraction of sp³-hybridized carbons (Fsp3) is 0.474. The van der Waals surface area contributed by atoms with E-state index in [2.05, 4.69) is 34.4 Å². The molecular formula is C38H45BrClN3O7. The minimum atomic E-state index is -1.32. The van der Waals surface area contributed by atoms with Crippen molar-refractivity contribution in [2.75, 3.05) is 31.1 Å². The summed E-state index contributed by atoms with van der Waals surface area (Å²) < 4.78 is 12.9. The standard InChI is InChI=1S/C38H45BrClN3O7/c1-4-6-18-29(45)41-23-28(25-15-9-7-10-16-25)49-37(48)30-31-35(46)43(20-11-8-12-21-44)34(38(31)22-26(39)33(30)50-38)36(47)42(19-5-2)32-24(3)14-13-17-27(32)40/h4-5,7,9-10,13-17,26,28,30-31,33-34,44H,1-2,6,8,11-12,18-23H2,3H3,(H,41,45)/t26?,28-,30-,31+,33-,34-,38+/m0/s1. The van der Waals surface area contributed by atoms with Crippen molar-refractivity contribution in [3.63, 3.8) is 0 Å². The van der Waals surface area contributed by atoms with Gasteiger partial charge in [-0.2, -0.15) is 0 Å². The predicted octanol–water partition coefficient (Wildman–Crippen LogP) is 5.44. The number of likely N-dealkylation sites (tertiary alicyclic amines) is 1. The average Bonchev–Trinajstić information content (AvgIpc) is 3.70. The first kappa shape index (κ1) is 37.7. The molecule has 0 aromatic heterocycles. The summed E-state index contributed by atoms with van der Waals surface area (Å²) >= 11 is 10.4. The molecule has 3 fully saturated rings. The molecule has 7 atom stereocenters. The number of halogens is 2. The molecule has 5 rings (SSSR count). The highest BCUT2D eigenvalue weighted by atomic mass is 79.9. The van der Waals surface area contributed by atoms with Crippen LogP contribution in [0.5, 0.6) is 0 Å². The molecule has 2 bridgehead atoms. The number of hydrogen-bond donors (Lipinski definition) is 2. The van der Waals surface area contributed by atoms with E-state index >= 15 is 0 Å². The Bertz CT molecular complexity index is 1570. The lowest BCUT2D eigenvalue weighted by molar-refractivity contribution is -0.160. The minimum absolute atomic E-state index is 0.0169. The van der Waals surface area contributed by atoms with Gasteiger partial charge in [-0.05, 0) is 56.2 Å². The fourth-order valence-corrected chi connectivity index (χ4v) is 8.93. The predicted molar refractivity (Wildman–Crippen MR) is 195 cm³/mol. The third kappa shape index (κ3) is 7.42. The van der Waals surface area contributed by atoms with Gasteiger partial charge in [-0.25, -0.2) is 0 Å². The van der Waals surface area contributed by atoms with Gasteiger partial charge in [0.15, 0.2) is 0 Å². The number of carbonyl (C=O) groups is 4. The van der Waals surface area contributed by atoms with Gasteiger partial charge < -0.3 is 29.7 Å². The molecule has 12 heteroatoms. The molecule has 50 heavy (non-hydrogen) atoms. The van der Waals surface area contributed by atoms with E-state index in [1.807, 2.05) is 49.4 Å². The largest absolute Gasteiger partial charge is 0.455 e. The molecule has 0 saturated carbocycles. The van der Waals surface area contributed by atoms with Gasteiger partial charge >= 0.3 is 5.97 Å². The number of aliphatic hydroxyl groups is 1. The highest BCUT2D eigenvalue weighted by Gasteiger charge is 2.77. The van der Waals surface area contributed by atoms with Crippen molar-refractivity contribution in [2.45, 2.75) is 74.1 Å². The molecule has 2 aromatic carbocycles. The number of hydrogen-bond acceptors (Lipinski definition) is 7. The van der Waals surface area contributed by atoms with Crippen LogP contribution in [-0.2, 0) is 28.7 Å². The van der Waals surface area contributed by atoms with E-state index in [1.165, 1.54) is 0 Å². The summed E-state index contributed by atoms with van der Waals surface area (Å²) in [5.74, 6) is -3.54. The molecule has 3 amide bonds. The number of aryl methyl sites for hydroxylation is 1. The van der Waals surface area contributed by atoms with Crippen LogP contribution in [0, 0.1) is 18.8 Å². The quantitative estimate of drug-likeness (QED) is 0.0950. The number of nitrogens with zero attached hydrogens (tertiary/aromatic N) is 2. The van der Waals surface area contributed by atoms with Crippen molar-refractivity contribution in [1.82, 2.24) is 10.2 Å². The topological polar surface area (TPSA) is 125 Å². The van der Waals surface area contributed by atoms with Gasteiger partial charge in [0, 0.05) is 30.9 Å². The number of unbranched alkanes of at least 4 members (excludes halogenated alkanes) is 2. The fourth-order valence-electron chi connectivity index (χ4n) is 7.66. The summed E-state index contributed by atoms with van der Waals surface area (Å²) in [5, 5.41) is 12.6. The van der Waals surface area contributed by atoms with E-state index in [0.717, 1.165) is 5.56 Å². The monoisotopic (exact) mass is 769 g/mol. The molecule has 10 nitrogen and oxygen atoms in total. The molecule has 3 saturated heterocycles. The highest BCUT2D eigenvalue weighted by molar-refractivity contribution is 9.09. The lowest BCUT2D eigenvalue weighted by atomic mass is 9.70. The molecule has 2 N–H and O–H groups in total. The maximum absolute atomic E-state index is 14.9. The van der Waals surface area contributed by atoms with Crippen molar-refractivity contribution in [1.29, 1.82) is 0 Å². The second-order valence-electron chi connectivity index (χ2n) is 13.1. The van der Waals surface area contributed by atoms with Gasteiger partial charge in [-0.3, -0.25) is 19.2 Å². The number of aliphatic hydroxyl groups excluding tert-OH is 1. The first-order valence-electron chi connectivity index (χ1n) is 17.1. The number of alkyl halides is 1. The van der Waals surface area contributed by atoms with Crippen LogP contribution in [0.2, 0.25) is 5.02 Å². The number of rotatable bonds is 17. The lowest BCUT2D eigenvalue weighted by Gasteiger charge is -2.37. The maximum Gasteiger partial charge on any atom is 0.313 e. The Kier molecular flexibility index (Phi) is 12.6. The summed E-state index contributed by atoms with van der Waals surface area (Å²) in [6.07, 6.45) is 4.56. The minimum Gasteiger partial charge on any atom is -0.455 e. The van der Waals surface area contributed by atoms with E-state index < -0.39 is 41.7 Å². The Balaban J connectivity index is 1.50. The van der Waals surface area contributed by atoms with Crippen LogP contribution in [-0.4, -0.2) is 82.5 Å². The smallest absolute Gasteiger partial charge is 0.313 e. The van der Waals surface area contributed by atoms with Crippen molar-refractivity contribution in [3.8, 4) is 0 Å². The summed E-state index contributed by atoms with van der Waals surface area (Å²) in [4.78, 5) is 59.1. The number of ether oxygens (including phenoxy) is 2. The van der Waals surface area contributed by atoms with E-state index in [0.29, 0.717) is 48.4 Å². The zero-order valence-electron chi connectivity index (χ0n) is 28.3. The van der Waals surface area contributed by atoms with Crippen molar-refractivity contribution < 1.29 is 33.8 Å². The summed E-state index contributed by atoms with van der Waals surface area (Å²) in [5.41, 5.74) is 0.668. The van der Waals surface area contributed by atoms with Crippen LogP contribution >= 0.6 is 27.5 Å². The normalized spacial score (nSPS) is 25.6. The van der Waals surface area contributed by atoms with Gasteiger partial charge in [0.05, 0.1) is 35.2 Å². The number of amides is 3. The Labute approximate surface area is 306 Å². The molecule has 268 valence electrons. The van der Waals surface area contributed by atoms with Crippen molar-refractivity contribution in [3.05, 3.63) is 90.0 Å². The molecule has 3 aliphatic heterocycles. The van der Waals surface area contributed by atoms with Crippen LogP contribution in [0.4, 0.5) is 5.69 Å².